The van der Waals surface area contributed by atoms with Crippen LogP contribution in [0.3, 0.4) is 0 Å². The maximum Gasteiger partial charge on any atom is 0.338 e. The van der Waals surface area contributed by atoms with E-state index in [-0.39, 0.29) is 11.7 Å². The van der Waals surface area contributed by atoms with Crippen LogP contribution < -0.4 is 4.74 Å². The highest BCUT2D eigenvalue weighted by Crippen LogP contribution is 2.28. The SMILES string of the molecule is CC(C)(F)CN1CCC(COc2ccc(-c3ccc(C(=O)O)c(F)c3)cc2F)CC1. The second-order valence-corrected chi connectivity index (χ2v) is 8.39. The smallest absolute Gasteiger partial charge is 0.338 e. The van der Waals surface area contributed by atoms with Gasteiger partial charge in [-0.25, -0.2) is 18.0 Å². The van der Waals surface area contributed by atoms with Crippen LogP contribution in [0.5, 0.6) is 5.75 Å². The third kappa shape index (κ3) is 5.75. The zero-order valence-electron chi connectivity index (χ0n) is 17.1. The van der Waals surface area contributed by atoms with Crippen molar-refractivity contribution in [3.05, 3.63) is 53.6 Å². The van der Waals surface area contributed by atoms with Crippen molar-refractivity contribution in [3.8, 4) is 16.9 Å². The van der Waals surface area contributed by atoms with Crippen LogP contribution in [0, 0.1) is 17.6 Å². The molecule has 2 aromatic carbocycles. The number of hydrogen-bond acceptors (Lipinski definition) is 3. The van der Waals surface area contributed by atoms with E-state index in [0.717, 1.165) is 38.1 Å². The molecule has 0 radical (unpaired) electrons. The van der Waals surface area contributed by atoms with Crippen molar-refractivity contribution in [3.63, 3.8) is 0 Å². The fraction of sp³-hybridized carbons (Fsp3) is 0.435. The molecule has 0 aromatic heterocycles. The van der Waals surface area contributed by atoms with E-state index in [9.17, 15) is 18.0 Å². The van der Waals surface area contributed by atoms with E-state index in [0.29, 0.717) is 24.3 Å². The first-order valence-electron chi connectivity index (χ1n) is 9.99. The van der Waals surface area contributed by atoms with Crippen molar-refractivity contribution in [1.82, 2.24) is 4.90 Å². The molecule has 1 aliphatic heterocycles. The Morgan fingerprint density at radius 2 is 1.70 bits per heavy atom. The Balaban J connectivity index is 1.58. The Morgan fingerprint density at radius 1 is 1.10 bits per heavy atom. The molecule has 0 saturated carbocycles. The number of rotatable bonds is 7. The van der Waals surface area contributed by atoms with E-state index >= 15 is 0 Å². The first-order chi connectivity index (χ1) is 14.1. The van der Waals surface area contributed by atoms with Gasteiger partial charge in [-0.3, -0.25) is 0 Å². The van der Waals surface area contributed by atoms with Crippen molar-refractivity contribution in [2.45, 2.75) is 32.4 Å². The number of nitrogens with zero attached hydrogens (tertiary/aromatic N) is 1. The quantitative estimate of drug-likeness (QED) is 0.670. The fourth-order valence-corrected chi connectivity index (χ4v) is 3.72. The summed E-state index contributed by atoms with van der Waals surface area (Å²) in [7, 11) is 0. The van der Waals surface area contributed by atoms with Crippen molar-refractivity contribution in [2.75, 3.05) is 26.2 Å². The molecule has 2 aromatic rings. The molecule has 4 nitrogen and oxygen atoms in total. The van der Waals surface area contributed by atoms with Crippen LogP contribution in [0.15, 0.2) is 36.4 Å². The van der Waals surface area contributed by atoms with Crippen LogP contribution in [0.25, 0.3) is 11.1 Å². The summed E-state index contributed by atoms with van der Waals surface area (Å²) < 4.78 is 47.8. The molecule has 0 unspecified atom stereocenters. The van der Waals surface area contributed by atoms with E-state index in [1.807, 2.05) is 0 Å². The molecular formula is C23H26F3NO3. The largest absolute Gasteiger partial charge is 0.490 e. The predicted octanol–water partition coefficient (Wildman–Crippen LogP) is 5.17. The third-order valence-corrected chi connectivity index (χ3v) is 5.25. The molecule has 1 N–H and O–H groups in total. The first-order valence-corrected chi connectivity index (χ1v) is 9.99. The number of alkyl halides is 1. The minimum Gasteiger partial charge on any atom is -0.490 e. The second-order valence-electron chi connectivity index (χ2n) is 8.39. The normalized spacial score (nSPS) is 15.9. The van der Waals surface area contributed by atoms with E-state index in [4.69, 9.17) is 9.84 Å². The summed E-state index contributed by atoms with van der Waals surface area (Å²) in [5.74, 6) is -2.39. The summed E-state index contributed by atoms with van der Waals surface area (Å²) in [6.45, 7) is 5.52. The minimum absolute atomic E-state index is 0.119. The summed E-state index contributed by atoms with van der Waals surface area (Å²) in [6, 6.07) is 8.02. The van der Waals surface area contributed by atoms with Gasteiger partial charge in [0.2, 0.25) is 0 Å². The third-order valence-electron chi connectivity index (χ3n) is 5.25. The van der Waals surface area contributed by atoms with Gasteiger partial charge in [0.05, 0.1) is 12.2 Å². The van der Waals surface area contributed by atoms with Gasteiger partial charge in [0.1, 0.15) is 11.5 Å². The Morgan fingerprint density at radius 3 is 2.23 bits per heavy atom. The van der Waals surface area contributed by atoms with Crippen molar-refractivity contribution in [1.29, 1.82) is 0 Å². The average molecular weight is 421 g/mol. The monoisotopic (exact) mass is 421 g/mol. The topological polar surface area (TPSA) is 49.8 Å². The van der Waals surface area contributed by atoms with Crippen molar-refractivity contribution < 1.29 is 27.8 Å². The van der Waals surface area contributed by atoms with E-state index in [1.54, 1.807) is 19.9 Å². The molecule has 0 aliphatic carbocycles. The number of halogens is 3. The lowest BCUT2D eigenvalue weighted by atomic mass is 9.97. The van der Waals surface area contributed by atoms with Crippen LogP contribution in [0.4, 0.5) is 13.2 Å². The summed E-state index contributed by atoms with van der Waals surface area (Å²) in [4.78, 5) is 13.0. The van der Waals surface area contributed by atoms with E-state index < -0.39 is 28.8 Å². The van der Waals surface area contributed by atoms with Gasteiger partial charge in [-0.2, -0.15) is 0 Å². The summed E-state index contributed by atoms with van der Waals surface area (Å²) in [5, 5.41) is 8.90. The number of aromatic carboxylic acids is 1. The molecule has 0 bridgehead atoms. The maximum absolute atomic E-state index is 14.5. The molecule has 0 atom stereocenters. The number of carboxylic acids is 1. The lowest BCUT2D eigenvalue weighted by Crippen LogP contribution is -2.41. The standard InChI is InChI=1S/C23H26F3NO3/c1-23(2,26)14-27-9-7-15(8-10-27)13-30-21-6-4-17(12-20(21)25)16-3-5-18(22(28)29)19(24)11-16/h3-6,11-12,15H,7-10,13-14H2,1-2H3,(H,28,29). The minimum atomic E-state index is -1.35. The summed E-state index contributed by atoms with van der Waals surface area (Å²) in [5.41, 5.74) is -0.838. The summed E-state index contributed by atoms with van der Waals surface area (Å²) >= 11 is 0. The van der Waals surface area contributed by atoms with Gasteiger partial charge >= 0.3 is 5.97 Å². The number of piperidine rings is 1. The Hall–Kier alpha value is -2.54. The highest BCUT2D eigenvalue weighted by atomic mass is 19.1. The highest BCUT2D eigenvalue weighted by Gasteiger charge is 2.25. The number of carbonyl (C=O) groups is 1. The van der Waals surface area contributed by atoms with Gasteiger partial charge in [0, 0.05) is 6.54 Å². The molecule has 1 heterocycles. The lowest BCUT2D eigenvalue weighted by Gasteiger charge is -2.34. The number of carboxylic acid groups (broad SMARTS) is 1. The zero-order chi connectivity index (χ0) is 21.9. The first kappa shape index (κ1) is 22.2. The van der Waals surface area contributed by atoms with Gasteiger partial charge in [-0.1, -0.05) is 12.1 Å². The predicted molar refractivity (Wildman–Crippen MR) is 109 cm³/mol. The fourth-order valence-electron chi connectivity index (χ4n) is 3.72. The highest BCUT2D eigenvalue weighted by molar-refractivity contribution is 5.88. The molecule has 7 heteroatoms. The molecule has 0 amide bonds. The number of hydrogen-bond donors (Lipinski definition) is 1. The Kier molecular flexibility index (Phi) is 6.71. The number of likely N-dealkylation sites (tertiary alicyclic amines) is 1. The van der Waals surface area contributed by atoms with E-state index in [2.05, 4.69) is 4.90 Å². The lowest BCUT2D eigenvalue weighted by molar-refractivity contribution is 0.0691. The number of benzene rings is 2. The molecular weight excluding hydrogens is 395 g/mol. The van der Waals surface area contributed by atoms with Crippen LogP contribution in [0.1, 0.15) is 37.0 Å². The van der Waals surface area contributed by atoms with Gasteiger partial charge in [-0.15, -0.1) is 0 Å². The van der Waals surface area contributed by atoms with Gasteiger partial charge in [-0.05, 0) is 81.1 Å². The number of ether oxygens (including phenoxy) is 1. The summed E-state index contributed by atoms with van der Waals surface area (Å²) in [6.07, 6.45) is 1.73. The van der Waals surface area contributed by atoms with E-state index in [1.165, 1.54) is 18.2 Å². The zero-order valence-corrected chi connectivity index (χ0v) is 17.1. The molecule has 1 saturated heterocycles. The molecule has 0 spiro atoms. The maximum atomic E-state index is 14.5. The second kappa shape index (κ2) is 9.08. The molecule has 162 valence electrons. The van der Waals surface area contributed by atoms with Crippen molar-refractivity contribution in [2.24, 2.45) is 5.92 Å². The molecule has 30 heavy (non-hydrogen) atoms. The Bertz CT molecular complexity index is 903. The van der Waals surface area contributed by atoms with Gasteiger partial charge < -0.3 is 14.7 Å². The van der Waals surface area contributed by atoms with Crippen molar-refractivity contribution >= 4 is 5.97 Å². The molecule has 3 rings (SSSR count). The van der Waals surface area contributed by atoms with Gasteiger partial charge in [0.25, 0.3) is 0 Å². The molecule has 1 fully saturated rings. The van der Waals surface area contributed by atoms with Crippen LogP contribution in [-0.4, -0.2) is 47.9 Å². The van der Waals surface area contributed by atoms with Crippen LogP contribution in [-0.2, 0) is 0 Å². The Labute approximate surface area is 174 Å². The van der Waals surface area contributed by atoms with Crippen LogP contribution >= 0.6 is 0 Å². The van der Waals surface area contributed by atoms with Crippen LogP contribution in [0.2, 0.25) is 0 Å². The molecule has 1 aliphatic rings. The van der Waals surface area contributed by atoms with Gasteiger partial charge in [0.15, 0.2) is 11.6 Å². The average Bonchev–Trinajstić information content (AvgIpc) is 2.66.